The van der Waals surface area contributed by atoms with E-state index in [-0.39, 0.29) is 5.54 Å². The Morgan fingerprint density at radius 2 is 1.42 bits per heavy atom. The Labute approximate surface area is 122 Å². The van der Waals surface area contributed by atoms with Gasteiger partial charge in [-0.3, -0.25) is 4.21 Å². The van der Waals surface area contributed by atoms with Gasteiger partial charge in [0.2, 0.25) is 0 Å². The summed E-state index contributed by atoms with van der Waals surface area (Å²) in [4.78, 5) is 0. The van der Waals surface area contributed by atoms with Crippen molar-refractivity contribution in [3.05, 3.63) is 0 Å². The van der Waals surface area contributed by atoms with Crippen molar-refractivity contribution in [1.82, 2.24) is 4.31 Å². The van der Waals surface area contributed by atoms with E-state index in [2.05, 4.69) is 51.7 Å². The van der Waals surface area contributed by atoms with Crippen LogP contribution in [-0.2, 0) is 9.71 Å². The van der Waals surface area contributed by atoms with Crippen molar-refractivity contribution >= 4 is 15.6 Å². The normalized spacial score (nSPS) is 16.6. The fraction of sp³-hybridized carbons (Fsp3) is 0.938. The van der Waals surface area contributed by atoms with Gasteiger partial charge in [0.25, 0.3) is 0 Å². The molecule has 3 heteroatoms. The largest absolute Gasteiger partial charge is 0.253 e. The third-order valence-electron chi connectivity index (χ3n) is 3.25. The Hall–Kier alpha value is -0.0200. The molecule has 1 unspecified atom stereocenters. The maximum absolute atomic E-state index is 12.2. The molecule has 0 amide bonds. The van der Waals surface area contributed by atoms with Crippen molar-refractivity contribution in [2.24, 2.45) is 5.41 Å². The molecule has 0 aliphatic rings. The van der Waals surface area contributed by atoms with Crippen molar-refractivity contribution in [2.45, 2.75) is 79.2 Å². The van der Waals surface area contributed by atoms with Crippen molar-refractivity contribution < 1.29 is 4.21 Å². The molecule has 0 aliphatic carbocycles. The molecule has 0 saturated heterocycles. The van der Waals surface area contributed by atoms with E-state index >= 15 is 0 Å². The predicted molar refractivity (Wildman–Crippen MR) is 90.2 cm³/mol. The fourth-order valence-corrected chi connectivity index (χ4v) is 4.05. The molecule has 0 fully saturated rings. The van der Waals surface area contributed by atoms with Crippen molar-refractivity contribution in [1.29, 1.82) is 0 Å². The van der Waals surface area contributed by atoms with Gasteiger partial charge in [0.05, 0.1) is 0 Å². The third kappa shape index (κ3) is 9.50. The molecule has 116 valence electrons. The van der Waals surface area contributed by atoms with E-state index in [4.69, 9.17) is 0 Å². The van der Waals surface area contributed by atoms with Crippen LogP contribution in [0.5, 0.6) is 0 Å². The number of unbranched alkanes of at least 4 members (excludes halogenated alkanes) is 3. The number of nitrogens with zero attached hydrogens (tertiary/aromatic N) is 1. The van der Waals surface area contributed by atoms with Gasteiger partial charge in [0.15, 0.2) is 0 Å². The summed E-state index contributed by atoms with van der Waals surface area (Å²) in [5, 5.41) is 0. The summed E-state index contributed by atoms with van der Waals surface area (Å²) in [6.07, 6.45) is 7.94. The van der Waals surface area contributed by atoms with Gasteiger partial charge < -0.3 is 0 Å². The first-order valence-corrected chi connectivity index (χ1v) is 9.53. The summed E-state index contributed by atoms with van der Waals surface area (Å²) in [7, 11) is -2.11. The second-order valence-corrected chi connectivity index (χ2v) is 10.3. The summed E-state index contributed by atoms with van der Waals surface area (Å²) in [5.41, 5.74) is 0.377. The molecular formula is C16H35NOS. The van der Waals surface area contributed by atoms with Gasteiger partial charge in [-0.1, -0.05) is 40.0 Å². The van der Waals surface area contributed by atoms with Crippen LogP contribution in [0.2, 0.25) is 0 Å². The van der Waals surface area contributed by atoms with Crippen LogP contribution in [0.1, 0.15) is 73.6 Å². The minimum absolute atomic E-state index is 0.0704. The van der Waals surface area contributed by atoms with E-state index < -0.39 is 9.71 Å². The van der Waals surface area contributed by atoms with Crippen LogP contribution in [0.4, 0.5) is 0 Å². The highest BCUT2D eigenvalue weighted by molar-refractivity contribution is 7.97. The minimum Gasteiger partial charge on any atom is -0.253 e. The van der Waals surface area contributed by atoms with Gasteiger partial charge in [-0.15, -0.1) is 0 Å². The zero-order valence-electron chi connectivity index (χ0n) is 14.2. The average molecular weight is 290 g/mol. The first kappa shape index (κ1) is 19.0. The van der Waals surface area contributed by atoms with Gasteiger partial charge in [0, 0.05) is 28.0 Å². The smallest absolute Gasteiger partial charge is 0.0250 e. The molecule has 0 radical (unpaired) electrons. The van der Waals surface area contributed by atoms with Crippen molar-refractivity contribution in [3.8, 4) is 0 Å². The molecule has 0 heterocycles. The lowest BCUT2D eigenvalue weighted by molar-refractivity contribution is 0.256. The van der Waals surface area contributed by atoms with Crippen molar-refractivity contribution in [2.75, 3.05) is 12.8 Å². The lowest BCUT2D eigenvalue weighted by Crippen LogP contribution is -2.45. The van der Waals surface area contributed by atoms with Crippen LogP contribution in [0, 0.1) is 5.41 Å². The summed E-state index contributed by atoms with van der Waals surface area (Å²) in [6.45, 7) is 14.1. The fourth-order valence-electron chi connectivity index (χ4n) is 2.37. The molecule has 0 saturated carbocycles. The molecule has 19 heavy (non-hydrogen) atoms. The Morgan fingerprint density at radius 1 is 0.947 bits per heavy atom. The molecule has 0 aromatic heterocycles. The Bertz CT molecular complexity index is 344. The highest BCUT2D eigenvalue weighted by atomic mass is 32.2. The van der Waals surface area contributed by atoms with Crippen LogP contribution >= 0.6 is 0 Å². The van der Waals surface area contributed by atoms with Gasteiger partial charge >= 0.3 is 0 Å². The SMILES string of the molecule is C=S(C)(=O)N(CCCCCCC(C)(C)C)C(C)(C)C. The van der Waals surface area contributed by atoms with E-state index in [0.717, 1.165) is 13.0 Å². The molecule has 1 atom stereocenters. The number of hydrogen-bond acceptors (Lipinski definition) is 1. The minimum atomic E-state index is -2.11. The molecule has 0 N–H and O–H groups in total. The van der Waals surface area contributed by atoms with Crippen LogP contribution in [0.25, 0.3) is 0 Å². The van der Waals surface area contributed by atoms with Crippen LogP contribution in [-0.4, -0.2) is 32.7 Å². The zero-order valence-corrected chi connectivity index (χ0v) is 15.0. The second-order valence-electron chi connectivity index (χ2n) is 7.96. The first-order valence-electron chi connectivity index (χ1n) is 7.44. The van der Waals surface area contributed by atoms with Crippen LogP contribution in [0.15, 0.2) is 0 Å². The van der Waals surface area contributed by atoms with E-state index in [1.54, 1.807) is 6.26 Å². The molecule has 0 rings (SSSR count). The molecule has 0 bridgehead atoms. The van der Waals surface area contributed by atoms with Gasteiger partial charge in [0.1, 0.15) is 0 Å². The van der Waals surface area contributed by atoms with Gasteiger partial charge in [-0.05, 0) is 44.9 Å². The van der Waals surface area contributed by atoms with Crippen molar-refractivity contribution in [3.63, 3.8) is 0 Å². The molecule has 0 spiro atoms. The monoisotopic (exact) mass is 289 g/mol. The highest BCUT2D eigenvalue weighted by Gasteiger charge is 2.25. The topological polar surface area (TPSA) is 20.3 Å². The second kappa shape index (κ2) is 7.12. The molecule has 0 aliphatic heterocycles. The van der Waals surface area contributed by atoms with E-state index in [1.807, 2.05) is 0 Å². The highest BCUT2D eigenvalue weighted by Crippen LogP contribution is 2.23. The maximum atomic E-state index is 12.2. The summed E-state index contributed by atoms with van der Waals surface area (Å²) < 4.78 is 14.3. The van der Waals surface area contributed by atoms with E-state index in [1.165, 1.54) is 25.7 Å². The quantitative estimate of drug-likeness (QED) is 0.504. The van der Waals surface area contributed by atoms with E-state index in [0.29, 0.717) is 5.41 Å². The predicted octanol–water partition coefficient (Wildman–Crippen LogP) is 4.34. The van der Waals surface area contributed by atoms with E-state index in [9.17, 15) is 4.21 Å². The number of rotatable bonds is 7. The first-order chi connectivity index (χ1) is 8.34. The van der Waals surface area contributed by atoms with Gasteiger partial charge in [-0.2, -0.15) is 0 Å². The molecular weight excluding hydrogens is 254 g/mol. The average Bonchev–Trinajstić information content (AvgIpc) is 2.10. The Morgan fingerprint density at radius 3 is 1.79 bits per heavy atom. The standard InChI is InChI=1S/C16H35NOS/c1-15(2,3)13-11-9-10-12-14-17(16(4,5)6)19(7,8)18/h7,9-14H2,1-6,8H3. The van der Waals surface area contributed by atoms with Gasteiger partial charge in [-0.25, -0.2) is 4.31 Å². The molecule has 2 nitrogen and oxygen atoms in total. The Kier molecular flexibility index (Phi) is 7.11. The van der Waals surface area contributed by atoms with Crippen LogP contribution in [0.3, 0.4) is 0 Å². The number of hydrogen-bond donors (Lipinski definition) is 0. The zero-order chi connectivity index (χ0) is 15.3. The lowest BCUT2D eigenvalue weighted by Gasteiger charge is -2.36. The third-order valence-corrected chi connectivity index (χ3v) is 4.92. The van der Waals surface area contributed by atoms with Crippen LogP contribution < -0.4 is 0 Å². The summed E-state index contributed by atoms with van der Waals surface area (Å²) >= 11 is 0. The Balaban J connectivity index is 4.04. The summed E-state index contributed by atoms with van der Waals surface area (Å²) in [6, 6.07) is 0. The molecule has 0 aromatic rings. The molecule has 0 aromatic carbocycles. The maximum Gasteiger partial charge on any atom is 0.0250 e. The lowest BCUT2D eigenvalue weighted by atomic mass is 9.89. The summed E-state index contributed by atoms with van der Waals surface area (Å²) in [5.74, 6) is 3.84.